The number of halogens is 1. The summed E-state index contributed by atoms with van der Waals surface area (Å²) >= 11 is 3.96. The Balaban J connectivity index is 2.03. The van der Waals surface area contributed by atoms with E-state index in [1.165, 1.54) is 16.5 Å². The van der Waals surface area contributed by atoms with Crippen LogP contribution in [0.5, 0.6) is 0 Å². The summed E-state index contributed by atoms with van der Waals surface area (Å²) in [5.74, 6) is 0. The minimum atomic E-state index is 0.547. The number of nitrogens with one attached hydrogen (secondary N) is 1. The van der Waals surface area contributed by atoms with E-state index in [0.29, 0.717) is 15.0 Å². The molecule has 1 aliphatic heterocycles. The van der Waals surface area contributed by atoms with Gasteiger partial charge in [0.05, 0.1) is 0 Å². The zero-order chi connectivity index (χ0) is 9.80. The molecule has 0 aliphatic carbocycles. The first-order valence-corrected chi connectivity index (χ1v) is 7.40. The Morgan fingerprint density at radius 2 is 2.07 bits per heavy atom. The molecular formula is C10H11BrN2Se. The normalized spacial score (nSPS) is 16.2. The third-order valence-electron chi connectivity index (χ3n) is 1.89. The Labute approximate surface area is 98.5 Å². The summed E-state index contributed by atoms with van der Waals surface area (Å²) in [5, 5.41) is 4.68. The van der Waals surface area contributed by atoms with Crippen molar-refractivity contribution in [1.82, 2.24) is 0 Å². The summed E-state index contributed by atoms with van der Waals surface area (Å²) in [4.78, 5) is 4.47. The SMILES string of the molecule is Brc1ccc(NC2=NCCC[Se]2)cc1. The zero-order valence-electron chi connectivity index (χ0n) is 7.66. The molecule has 1 N–H and O–H groups in total. The first-order valence-electron chi connectivity index (χ1n) is 4.54. The van der Waals surface area contributed by atoms with Crippen LogP contribution in [0.3, 0.4) is 0 Å². The third-order valence-corrected chi connectivity index (χ3v) is 4.51. The van der Waals surface area contributed by atoms with E-state index < -0.39 is 0 Å². The van der Waals surface area contributed by atoms with Gasteiger partial charge in [-0.1, -0.05) is 0 Å². The predicted octanol–water partition coefficient (Wildman–Crippen LogP) is 2.74. The van der Waals surface area contributed by atoms with Crippen LogP contribution < -0.4 is 5.32 Å². The van der Waals surface area contributed by atoms with E-state index in [9.17, 15) is 0 Å². The molecule has 2 rings (SSSR count). The van der Waals surface area contributed by atoms with Crippen LogP contribution in [-0.4, -0.2) is 26.2 Å². The molecule has 1 aliphatic rings. The average Bonchev–Trinajstić information content (AvgIpc) is 2.23. The van der Waals surface area contributed by atoms with Crippen molar-refractivity contribution >= 4 is 41.3 Å². The molecule has 0 radical (unpaired) electrons. The van der Waals surface area contributed by atoms with Gasteiger partial charge in [0.25, 0.3) is 0 Å². The van der Waals surface area contributed by atoms with Gasteiger partial charge in [-0.3, -0.25) is 0 Å². The van der Waals surface area contributed by atoms with E-state index >= 15 is 0 Å². The molecule has 2 nitrogen and oxygen atoms in total. The van der Waals surface area contributed by atoms with Gasteiger partial charge in [0.1, 0.15) is 0 Å². The summed E-state index contributed by atoms with van der Waals surface area (Å²) in [7, 11) is 0. The number of benzene rings is 1. The number of nitrogens with zero attached hydrogens (tertiary/aromatic N) is 1. The van der Waals surface area contributed by atoms with Gasteiger partial charge < -0.3 is 0 Å². The molecule has 0 spiro atoms. The van der Waals surface area contributed by atoms with E-state index in [4.69, 9.17) is 0 Å². The van der Waals surface area contributed by atoms with Crippen LogP contribution in [0.15, 0.2) is 33.7 Å². The van der Waals surface area contributed by atoms with Gasteiger partial charge in [0.15, 0.2) is 0 Å². The first kappa shape index (κ1) is 10.2. The number of rotatable bonds is 1. The number of amidine groups is 1. The van der Waals surface area contributed by atoms with Gasteiger partial charge in [-0.25, -0.2) is 0 Å². The molecule has 0 saturated heterocycles. The molecule has 4 heteroatoms. The third kappa shape index (κ3) is 2.84. The maximum absolute atomic E-state index is 4.47. The van der Waals surface area contributed by atoms with Crippen LogP contribution in [0.25, 0.3) is 0 Å². The molecule has 0 unspecified atom stereocenters. The van der Waals surface area contributed by atoms with Gasteiger partial charge in [0.2, 0.25) is 0 Å². The van der Waals surface area contributed by atoms with Crippen LogP contribution in [0.1, 0.15) is 6.42 Å². The Hall–Kier alpha value is -0.311. The Kier molecular flexibility index (Phi) is 3.62. The second-order valence-corrected chi connectivity index (χ2v) is 6.21. The molecule has 0 aromatic heterocycles. The summed E-state index contributed by atoms with van der Waals surface area (Å²) in [6.45, 7) is 0.987. The van der Waals surface area contributed by atoms with E-state index in [2.05, 4.69) is 38.4 Å². The predicted molar refractivity (Wildman–Crippen MR) is 65.2 cm³/mol. The molecule has 0 saturated carbocycles. The Bertz CT molecular complexity index is 334. The molecule has 0 amide bonds. The summed E-state index contributed by atoms with van der Waals surface area (Å²) in [5.41, 5.74) is 1.13. The van der Waals surface area contributed by atoms with Gasteiger partial charge in [-0.2, -0.15) is 0 Å². The fourth-order valence-electron chi connectivity index (χ4n) is 1.19. The van der Waals surface area contributed by atoms with Crippen LogP contribution >= 0.6 is 15.9 Å². The summed E-state index contributed by atoms with van der Waals surface area (Å²) < 4.78 is 2.30. The monoisotopic (exact) mass is 318 g/mol. The van der Waals surface area contributed by atoms with Crippen LogP contribution in [0, 0.1) is 0 Å². The van der Waals surface area contributed by atoms with Gasteiger partial charge >= 0.3 is 98.6 Å². The van der Waals surface area contributed by atoms with Crippen LogP contribution in [0.2, 0.25) is 5.32 Å². The molecule has 0 atom stereocenters. The second kappa shape index (κ2) is 4.96. The van der Waals surface area contributed by atoms with E-state index in [0.717, 1.165) is 16.7 Å². The fraction of sp³-hybridized carbons (Fsp3) is 0.300. The van der Waals surface area contributed by atoms with Gasteiger partial charge in [-0.15, -0.1) is 0 Å². The fourth-order valence-corrected chi connectivity index (χ4v) is 3.22. The standard InChI is InChI=1S/C10H11BrN2Se/c11-8-2-4-9(5-3-8)13-10-12-6-1-7-14-10/h2-5H,1,6-7H2,(H,12,13). The van der Waals surface area contributed by atoms with Crippen molar-refractivity contribution in [2.75, 3.05) is 11.9 Å². The number of aliphatic imine (C=N–C) groups is 1. The molecular weight excluding hydrogens is 307 g/mol. The number of hydrogen-bond donors (Lipinski definition) is 1. The second-order valence-electron chi connectivity index (χ2n) is 3.02. The van der Waals surface area contributed by atoms with Crippen molar-refractivity contribution in [2.45, 2.75) is 11.7 Å². The Morgan fingerprint density at radius 1 is 1.29 bits per heavy atom. The van der Waals surface area contributed by atoms with E-state index in [1.54, 1.807) is 0 Å². The molecule has 74 valence electrons. The first-order chi connectivity index (χ1) is 6.84. The van der Waals surface area contributed by atoms with Crippen molar-refractivity contribution in [1.29, 1.82) is 0 Å². The van der Waals surface area contributed by atoms with E-state index in [1.807, 2.05) is 12.1 Å². The van der Waals surface area contributed by atoms with Gasteiger partial charge in [-0.05, 0) is 0 Å². The van der Waals surface area contributed by atoms with Crippen molar-refractivity contribution in [3.05, 3.63) is 28.7 Å². The average molecular weight is 318 g/mol. The Morgan fingerprint density at radius 3 is 2.71 bits per heavy atom. The van der Waals surface area contributed by atoms with Gasteiger partial charge in [0, 0.05) is 0 Å². The molecule has 0 bridgehead atoms. The molecule has 1 heterocycles. The quantitative estimate of drug-likeness (QED) is 0.791. The molecule has 1 aromatic carbocycles. The maximum atomic E-state index is 4.47. The number of hydrogen-bond acceptors (Lipinski definition) is 2. The van der Waals surface area contributed by atoms with Crippen molar-refractivity contribution in [2.24, 2.45) is 4.99 Å². The number of anilines is 1. The van der Waals surface area contributed by atoms with Crippen molar-refractivity contribution in [3.8, 4) is 0 Å². The van der Waals surface area contributed by atoms with Crippen LogP contribution in [-0.2, 0) is 0 Å². The topological polar surface area (TPSA) is 24.4 Å². The van der Waals surface area contributed by atoms with E-state index in [-0.39, 0.29) is 0 Å². The van der Waals surface area contributed by atoms with Crippen LogP contribution in [0.4, 0.5) is 5.69 Å². The summed E-state index contributed by atoms with van der Waals surface area (Å²) in [6.07, 6.45) is 1.26. The zero-order valence-corrected chi connectivity index (χ0v) is 11.0. The molecule has 1 aromatic rings. The minimum absolute atomic E-state index is 0.547. The van der Waals surface area contributed by atoms with Crippen molar-refractivity contribution < 1.29 is 0 Å². The summed E-state index contributed by atoms with van der Waals surface area (Å²) in [6, 6.07) is 8.21. The molecule has 14 heavy (non-hydrogen) atoms. The molecule has 0 fully saturated rings. The van der Waals surface area contributed by atoms with Crippen molar-refractivity contribution in [3.63, 3.8) is 0 Å².